The lowest BCUT2D eigenvalue weighted by Crippen LogP contribution is -2.33. The van der Waals surface area contributed by atoms with E-state index < -0.39 is 17.0 Å². The van der Waals surface area contributed by atoms with Gasteiger partial charge in [0.25, 0.3) is 0 Å². The fourth-order valence-electron chi connectivity index (χ4n) is 4.71. The van der Waals surface area contributed by atoms with Crippen LogP contribution in [0, 0.1) is 18.6 Å². The summed E-state index contributed by atoms with van der Waals surface area (Å²) in [6.45, 7) is 5.70. The molecule has 3 aromatic heterocycles. The smallest absolute Gasteiger partial charge is 0.235 e. The zero-order valence-corrected chi connectivity index (χ0v) is 21.2. The van der Waals surface area contributed by atoms with Crippen LogP contribution in [-0.4, -0.2) is 37.3 Å². The monoisotopic (exact) mass is 519 g/mol. The molecule has 1 aliphatic heterocycles. The van der Waals surface area contributed by atoms with Gasteiger partial charge in [0.05, 0.1) is 22.2 Å². The number of aromatic nitrogens is 4. The second-order valence-electron chi connectivity index (χ2n) is 10.5. The first-order valence-corrected chi connectivity index (χ1v) is 12.4. The van der Waals surface area contributed by atoms with Gasteiger partial charge in [0.1, 0.15) is 35.6 Å². The predicted octanol–water partition coefficient (Wildman–Crippen LogP) is 4.09. The topological polar surface area (TPSA) is 119 Å². The Bertz CT molecular complexity index is 1590. The molecule has 38 heavy (non-hydrogen) atoms. The fraction of sp³-hybridized carbons (Fsp3) is 0.333. The molecule has 4 heterocycles. The molecule has 9 nitrogen and oxygen atoms in total. The summed E-state index contributed by atoms with van der Waals surface area (Å²) < 4.78 is 35.8. The number of pyridine rings is 1. The molecule has 0 radical (unpaired) electrons. The zero-order valence-electron chi connectivity index (χ0n) is 21.2. The number of nitrogens with zero attached hydrogens (tertiary/aromatic N) is 4. The summed E-state index contributed by atoms with van der Waals surface area (Å²) in [6, 6.07) is 7.10. The Morgan fingerprint density at radius 1 is 1.13 bits per heavy atom. The number of aryl methyl sites for hydroxylation is 1. The van der Waals surface area contributed by atoms with Crippen molar-refractivity contribution < 1.29 is 18.3 Å². The predicted molar refractivity (Wildman–Crippen MR) is 138 cm³/mol. The second kappa shape index (κ2) is 8.45. The van der Waals surface area contributed by atoms with Gasteiger partial charge < -0.3 is 21.1 Å². The lowest BCUT2D eigenvalue weighted by molar-refractivity contribution is -0.119. The highest BCUT2D eigenvalue weighted by molar-refractivity contribution is 6.06. The van der Waals surface area contributed by atoms with E-state index in [9.17, 15) is 13.6 Å². The third-order valence-corrected chi connectivity index (χ3v) is 7.27. The molecule has 0 unspecified atom stereocenters. The number of amides is 1. The summed E-state index contributed by atoms with van der Waals surface area (Å²) in [5.74, 6) is 0.152. The first-order valence-electron chi connectivity index (χ1n) is 12.4. The number of ether oxygens (including phenoxy) is 1. The number of halogens is 2. The van der Waals surface area contributed by atoms with Crippen LogP contribution in [0.2, 0.25) is 0 Å². The summed E-state index contributed by atoms with van der Waals surface area (Å²) in [5.41, 5.74) is 7.40. The van der Waals surface area contributed by atoms with Gasteiger partial charge in [0, 0.05) is 18.3 Å². The molecular weight excluding hydrogens is 492 g/mol. The Balaban J connectivity index is 1.41. The number of hydrogen-bond donors (Lipinski definition) is 3. The van der Waals surface area contributed by atoms with Crippen molar-refractivity contribution in [1.29, 1.82) is 0 Å². The molecule has 1 amide bonds. The van der Waals surface area contributed by atoms with Crippen molar-refractivity contribution in [2.24, 2.45) is 5.73 Å². The first-order chi connectivity index (χ1) is 18.1. The minimum Gasteiger partial charge on any atom is -0.485 e. The molecular formula is C27H27F2N7O2. The number of anilines is 2. The highest BCUT2D eigenvalue weighted by Crippen LogP contribution is 2.42. The molecule has 0 atom stereocenters. The van der Waals surface area contributed by atoms with Gasteiger partial charge in [0.2, 0.25) is 5.91 Å². The molecule has 6 rings (SSSR count). The minimum atomic E-state index is -0.820. The van der Waals surface area contributed by atoms with Crippen molar-refractivity contribution >= 4 is 23.2 Å². The average Bonchev–Trinajstić information content (AvgIpc) is 3.43. The Kier molecular flexibility index (Phi) is 5.39. The molecule has 1 aliphatic carbocycles. The van der Waals surface area contributed by atoms with Crippen molar-refractivity contribution in [2.45, 2.75) is 51.2 Å². The Labute approximate surface area is 217 Å². The molecule has 4 N–H and O–H groups in total. The molecule has 1 saturated carbocycles. The number of imidazole rings is 1. The Hall–Kier alpha value is -4.12. The summed E-state index contributed by atoms with van der Waals surface area (Å²) in [5, 5.41) is 6.24. The third-order valence-electron chi connectivity index (χ3n) is 7.27. The number of hydrogen-bond acceptors (Lipinski definition) is 7. The van der Waals surface area contributed by atoms with Crippen molar-refractivity contribution in [3.05, 3.63) is 65.0 Å². The number of rotatable bonds is 7. The summed E-state index contributed by atoms with van der Waals surface area (Å²) in [4.78, 5) is 26.9. The molecule has 0 bridgehead atoms. The van der Waals surface area contributed by atoms with Crippen LogP contribution in [0.4, 0.5) is 20.4 Å². The van der Waals surface area contributed by atoms with Crippen LogP contribution in [-0.2, 0) is 16.8 Å². The van der Waals surface area contributed by atoms with Crippen LogP contribution in [0.1, 0.15) is 43.5 Å². The standard InChI is InChI=1S/C27H27F2N7O2/c1-14-20(36-11-5-8-18(24(36)32-14)38-12-15-16(28)6-4-7-17(15)29)23-33-21(31-13-27(30)9-10-27)19-22(34-23)35-25(37)26(19,2)3/h4-8,11H,9-10,12-13,30H2,1-3H3,(H2,31,33,34,35,37). The number of nitrogens with two attached hydrogens (primary N) is 1. The third kappa shape index (κ3) is 3.94. The maximum atomic E-state index is 14.1. The number of carbonyl (C=O) groups excluding carboxylic acids is 1. The quantitative estimate of drug-likeness (QED) is 0.336. The molecule has 11 heteroatoms. The van der Waals surface area contributed by atoms with Gasteiger partial charge in [-0.05, 0) is 57.9 Å². The number of carbonyl (C=O) groups is 1. The Morgan fingerprint density at radius 3 is 2.58 bits per heavy atom. The average molecular weight is 520 g/mol. The molecule has 4 aromatic rings. The summed E-state index contributed by atoms with van der Waals surface area (Å²) >= 11 is 0. The van der Waals surface area contributed by atoms with Crippen LogP contribution >= 0.6 is 0 Å². The zero-order chi connectivity index (χ0) is 26.8. The maximum absolute atomic E-state index is 14.1. The van der Waals surface area contributed by atoms with Gasteiger partial charge in [-0.1, -0.05) is 6.07 Å². The van der Waals surface area contributed by atoms with E-state index >= 15 is 0 Å². The summed E-state index contributed by atoms with van der Waals surface area (Å²) in [6.07, 6.45) is 3.63. The van der Waals surface area contributed by atoms with Gasteiger partial charge >= 0.3 is 0 Å². The number of benzene rings is 1. The second-order valence-corrected chi connectivity index (χ2v) is 10.5. The molecule has 1 fully saturated rings. The largest absolute Gasteiger partial charge is 0.485 e. The maximum Gasteiger partial charge on any atom is 0.235 e. The molecule has 2 aliphatic rings. The highest BCUT2D eigenvalue weighted by Gasteiger charge is 2.44. The van der Waals surface area contributed by atoms with Crippen LogP contribution in [0.5, 0.6) is 5.75 Å². The van der Waals surface area contributed by atoms with Gasteiger partial charge in [-0.3, -0.25) is 9.20 Å². The molecule has 196 valence electrons. The van der Waals surface area contributed by atoms with Crippen molar-refractivity contribution in [3.63, 3.8) is 0 Å². The highest BCUT2D eigenvalue weighted by atomic mass is 19.1. The minimum absolute atomic E-state index is 0.164. The number of fused-ring (bicyclic) bond motifs is 2. The van der Waals surface area contributed by atoms with Crippen molar-refractivity contribution in [3.8, 4) is 17.3 Å². The van der Waals surface area contributed by atoms with Gasteiger partial charge in [0.15, 0.2) is 17.2 Å². The van der Waals surface area contributed by atoms with Crippen LogP contribution < -0.4 is 21.1 Å². The lowest BCUT2D eigenvalue weighted by Gasteiger charge is -2.20. The van der Waals surface area contributed by atoms with Crippen molar-refractivity contribution in [1.82, 2.24) is 19.4 Å². The van der Waals surface area contributed by atoms with Crippen LogP contribution in [0.25, 0.3) is 17.2 Å². The Morgan fingerprint density at radius 2 is 1.87 bits per heavy atom. The van der Waals surface area contributed by atoms with Crippen LogP contribution in [0.15, 0.2) is 36.5 Å². The van der Waals surface area contributed by atoms with E-state index in [1.807, 2.05) is 20.8 Å². The lowest BCUT2D eigenvalue weighted by atomic mass is 9.87. The van der Waals surface area contributed by atoms with E-state index in [1.165, 1.54) is 18.2 Å². The van der Waals surface area contributed by atoms with Gasteiger partial charge in [-0.15, -0.1) is 0 Å². The van der Waals surface area contributed by atoms with Crippen LogP contribution in [0.3, 0.4) is 0 Å². The van der Waals surface area contributed by atoms with E-state index in [4.69, 9.17) is 20.4 Å². The van der Waals surface area contributed by atoms with Gasteiger partial charge in [-0.25, -0.2) is 23.7 Å². The summed E-state index contributed by atoms with van der Waals surface area (Å²) in [7, 11) is 0. The van der Waals surface area contributed by atoms with Gasteiger partial charge in [-0.2, -0.15) is 0 Å². The van der Waals surface area contributed by atoms with E-state index in [2.05, 4.69) is 15.6 Å². The fourth-order valence-corrected chi connectivity index (χ4v) is 4.71. The first kappa shape index (κ1) is 24.2. The van der Waals surface area contributed by atoms with E-state index in [-0.39, 0.29) is 23.6 Å². The van der Waals surface area contributed by atoms with E-state index in [1.54, 1.807) is 22.7 Å². The van der Waals surface area contributed by atoms with Crippen molar-refractivity contribution in [2.75, 3.05) is 17.2 Å². The van der Waals surface area contributed by atoms with E-state index in [0.717, 1.165) is 12.8 Å². The molecule has 0 spiro atoms. The number of nitrogens with one attached hydrogen (secondary N) is 2. The molecule has 0 saturated heterocycles. The normalized spacial score (nSPS) is 16.8. The van der Waals surface area contributed by atoms with E-state index in [0.29, 0.717) is 52.4 Å². The SMILES string of the molecule is Cc1nc2c(OCc3c(F)cccc3F)cccn2c1-c1nc(NCC2(N)CC2)c2c(n1)NC(=O)C2(C)C. The molecule has 1 aromatic carbocycles.